The molecule has 90 valence electrons. The zero-order chi connectivity index (χ0) is 11.7. The maximum absolute atomic E-state index is 11.0. The van der Waals surface area contributed by atoms with Crippen molar-refractivity contribution in [1.29, 1.82) is 0 Å². The summed E-state index contributed by atoms with van der Waals surface area (Å²) in [7, 11) is 0. The second-order valence-electron chi connectivity index (χ2n) is 4.18. The summed E-state index contributed by atoms with van der Waals surface area (Å²) in [6.45, 7) is 1.58. The third-order valence-electron chi connectivity index (χ3n) is 2.99. The van der Waals surface area contributed by atoms with Gasteiger partial charge in [0.25, 0.3) is 0 Å². The molecule has 0 aromatic carbocycles. The van der Waals surface area contributed by atoms with Crippen LogP contribution >= 0.6 is 0 Å². The van der Waals surface area contributed by atoms with Crippen molar-refractivity contribution >= 4 is 12.2 Å². The van der Waals surface area contributed by atoms with Gasteiger partial charge in [-0.15, -0.1) is 0 Å². The van der Waals surface area contributed by atoms with E-state index >= 15 is 0 Å². The van der Waals surface area contributed by atoms with Gasteiger partial charge in [-0.25, -0.2) is 9.59 Å². The van der Waals surface area contributed by atoms with Crippen LogP contribution in [0.5, 0.6) is 0 Å². The molecule has 16 heavy (non-hydrogen) atoms. The highest BCUT2D eigenvalue weighted by atomic mass is 16.5. The van der Waals surface area contributed by atoms with Crippen LogP contribution in [-0.2, 0) is 4.74 Å². The zero-order valence-electron chi connectivity index (χ0n) is 8.70. The normalized spacial score (nSPS) is 29.8. The number of rotatable bonds is 0. The molecule has 0 spiro atoms. The molecule has 2 aliphatic heterocycles. The van der Waals surface area contributed by atoms with Gasteiger partial charge in [0.2, 0.25) is 0 Å². The van der Waals surface area contributed by atoms with Gasteiger partial charge in [-0.1, -0.05) is 0 Å². The molecule has 2 N–H and O–H groups in total. The number of ether oxygens (including phenoxy) is 1. The van der Waals surface area contributed by atoms with Crippen molar-refractivity contribution in [3.8, 4) is 0 Å². The molecular formula is C9H14N2O5. The Labute approximate surface area is 92.2 Å². The summed E-state index contributed by atoms with van der Waals surface area (Å²) in [6.07, 6.45) is -2.00. The van der Waals surface area contributed by atoms with Crippen LogP contribution in [-0.4, -0.2) is 71.1 Å². The highest BCUT2D eigenvalue weighted by Gasteiger charge is 2.37. The van der Waals surface area contributed by atoms with Gasteiger partial charge < -0.3 is 24.7 Å². The lowest BCUT2D eigenvalue weighted by molar-refractivity contribution is 0.0498. The molecule has 2 fully saturated rings. The molecule has 2 aliphatic rings. The van der Waals surface area contributed by atoms with E-state index in [0.29, 0.717) is 19.7 Å². The third kappa shape index (κ3) is 2.04. The standard InChI is InChI=1S/C9H14N2O5/c12-8(13)10-1-6-2-11(9(14)15)7(3-10)5-16-4-6/h6-7H,1-5H2,(H,12,13)(H,14,15). The Bertz CT molecular complexity index is 308. The summed E-state index contributed by atoms with van der Waals surface area (Å²) >= 11 is 0. The van der Waals surface area contributed by atoms with Crippen molar-refractivity contribution < 1.29 is 24.5 Å². The molecular weight excluding hydrogens is 216 g/mol. The molecule has 7 heteroatoms. The van der Waals surface area contributed by atoms with Crippen LogP contribution < -0.4 is 0 Å². The summed E-state index contributed by atoms with van der Waals surface area (Å²) < 4.78 is 5.35. The minimum Gasteiger partial charge on any atom is -0.465 e. The van der Waals surface area contributed by atoms with E-state index in [9.17, 15) is 9.59 Å². The molecule has 2 bridgehead atoms. The molecule has 2 amide bonds. The van der Waals surface area contributed by atoms with Crippen molar-refractivity contribution in [2.24, 2.45) is 5.92 Å². The van der Waals surface area contributed by atoms with Crippen molar-refractivity contribution in [3.63, 3.8) is 0 Å². The molecule has 2 atom stereocenters. The van der Waals surface area contributed by atoms with E-state index in [-0.39, 0.29) is 25.1 Å². The lowest BCUT2D eigenvalue weighted by atomic mass is 10.1. The molecule has 2 heterocycles. The molecule has 7 nitrogen and oxygen atoms in total. The van der Waals surface area contributed by atoms with E-state index in [1.807, 2.05) is 0 Å². The number of amides is 2. The Morgan fingerprint density at radius 3 is 2.44 bits per heavy atom. The fraction of sp³-hybridized carbons (Fsp3) is 0.778. The van der Waals surface area contributed by atoms with E-state index < -0.39 is 12.2 Å². The smallest absolute Gasteiger partial charge is 0.407 e. The topological polar surface area (TPSA) is 90.3 Å². The second kappa shape index (κ2) is 4.17. The Balaban J connectivity index is 2.19. The van der Waals surface area contributed by atoms with Crippen molar-refractivity contribution in [2.75, 3.05) is 32.8 Å². The maximum Gasteiger partial charge on any atom is 0.407 e. The van der Waals surface area contributed by atoms with Gasteiger partial charge >= 0.3 is 12.2 Å². The van der Waals surface area contributed by atoms with E-state index in [1.54, 1.807) is 0 Å². The Morgan fingerprint density at radius 1 is 1.06 bits per heavy atom. The van der Waals surface area contributed by atoms with Gasteiger partial charge in [-0.3, -0.25) is 0 Å². The summed E-state index contributed by atoms with van der Waals surface area (Å²) in [5.74, 6) is -0.0697. The third-order valence-corrected chi connectivity index (χ3v) is 2.99. The van der Waals surface area contributed by atoms with Gasteiger partial charge in [0.05, 0.1) is 19.3 Å². The van der Waals surface area contributed by atoms with E-state index in [4.69, 9.17) is 14.9 Å². The molecule has 0 aliphatic carbocycles. The van der Waals surface area contributed by atoms with Gasteiger partial charge in [0.1, 0.15) is 0 Å². The van der Waals surface area contributed by atoms with Gasteiger partial charge in [0.15, 0.2) is 0 Å². The van der Waals surface area contributed by atoms with Crippen LogP contribution in [0.15, 0.2) is 0 Å². The molecule has 0 aromatic rings. The Kier molecular flexibility index (Phi) is 2.86. The first-order chi connectivity index (χ1) is 7.58. The Hall–Kier alpha value is -1.50. The maximum atomic E-state index is 11.0. The fourth-order valence-electron chi connectivity index (χ4n) is 2.23. The second-order valence-corrected chi connectivity index (χ2v) is 4.18. The first kappa shape index (κ1) is 11.0. The summed E-state index contributed by atoms with van der Waals surface area (Å²) in [4.78, 5) is 24.5. The largest absolute Gasteiger partial charge is 0.465 e. The van der Waals surface area contributed by atoms with E-state index in [2.05, 4.69) is 0 Å². The highest BCUT2D eigenvalue weighted by molar-refractivity contribution is 5.67. The fourth-order valence-corrected chi connectivity index (χ4v) is 2.23. The average molecular weight is 230 g/mol. The van der Waals surface area contributed by atoms with Gasteiger partial charge in [-0.05, 0) is 0 Å². The number of nitrogens with zero attached hydrogens (tertiary/aromatic N) is 2. The minimum absolute atomic E-state index is 0.0697. The zero-order valence-corrected chi connectivity index (χ0v) is 8.70. The molecule has 0 aromatic heterocycles. The van der Waals surface area contributed by atoms with Crippen LogP contribution in [0.2, 0.25) is 0 Å². The monoisotopic (exact) mass is 230 g/mol. The number of carboxylic acid groups (broad SMARTS) is 2. The highest BCUT2D eigenvalue weighted by Crippen LogP contribution is 2.19. The molecule has 2 rings (SSSR count). The number of fused-ring (bicyclic) bond motifs is 3. The van der Waals surface area contributed by atoms with Crippen molar-refractivity contribution in [1.82, 2.24) is 9.80 Å². The van der Waals surface area contributed by atoms with Crippen molar-refractivity contribution in [2.45, 2.75) is 6.04 Å². The van der Waals surface area contributed by atoms with E-state index in [1.165, 1.54) is 9.80 Å². The number of hydrogen-bond acceptors (Lipinski definition) is 3. The lowest BCUT2D eigenvalue weighted by Crippen LogP contribution is -2.47. The SMILES string of the molecule is O=C(O)N1CC2COCC(C1)N(C(=O)O)C2. The predicted molar refractivity (Wildman–Crippen MR) is 52.4 cm³/mol. The summed E-state index contributed by atoms with van der Waals surface area (Å²) in [5.41, 5.74) is 0. The lowest BCUT2D eigenvalue weighted by Gasteiger charge is -2.28. The predicted octanol–water partition coefficient (Wildman–Crippen LogP) is -0.0250. The van der Waals surface area contributed by atoms with Crippen LogP contribution in [0.1, 0.15) is 0 Å². The van der Waals surface area contributed by atoms with Crippen LogP contribution in [0.4, 0.5) is 9.59 Å². The van der Waals surface area contributed by atoms with Gasteiger partial charge in [0, 0.05) is 25.6 Å². The number of carbonyl (C=O) groups is 2. The molecule has 2 saturated heterocycles. The first-order valence-corrected chi connectivity index (χ1v) is 5.13. The summed E-state index contributed by atoms with van der Waals surface area (Å²) in [6, 6.07) is -0.388. The quantitative estimate of drug-likeness (QED) is 0.610. The van der Waals surface area contributed by atoms with Crippen LogP contribution in [0, 0.1) is 5.92 Å². The molecule has 2 unspecified atom stereocenters. The minimum atomic E-state index is -1.01. The molecule has 0 radical (unpaired) electrons. The Morgan fingerprint density at radius 2 is 1.81 bits per heavy atom. The molecule has 0 saturated carbocycles. The van der Waals surface area contributed by atoms with E-state index in [0.717, 1.165) is 0 Å². The van der Waals surface area contributed by atoms with Crippen molar-refractivity contribution in [3.05, 3.63) is 0 Å². The average Bonchev–Trinajstić information content (AvgIpc) is 2.45. The van der Waals surface area contributed by atoms with Gasteiger partial charge in [-0.2, -0.15) is 0 Å². The van der Waals surface area contributed by atoms with Crippen LogP contribution in [0.3, 0.4) is 0 Å². The first-order valence-electron chi connectivity index (χ1n) is 5.13. The summed E-state index contributed by atoms with van der Waals surface area (Å²) in [5, 5.41) is 18.0. The number of hydrogen-bond donors (Lipinski definition) is 2. The van der Waals surface area contributed by atoms with Crippen LogP contribution in [0.25, 0.3) is 0 Å².